The Morgan fingerprint density at radius 1 is 1.39 bits per heavy atom. The second kappa shape index (κ2) is 5.79. The Hall–Kier alpha value is -0.960. The zero-order chi connectivity index (χ0) is 14.0. The van der Waals surface area contributed by atoms with E-state index < -0.39 is 0 Å². The molecule has 0 aromatic carbocycles. The lowest BCUT2D eigenvalue weighted by Gasteiger charge is -2.19. The van der Waals surface area contributed by atoms with Gasteiger partial charge in [0.05, 0.1) is 17.7 Å². The van der Waals surface area contributed by atoms with Gasteiger partial charge in [-0.2, -0.15) is 0 Å². The Morgan fingerprint density at radius 2 is 1.94 bits per heavy atom. The Labute approximate surface area is 114 Å². The molecule has 4 heteroatoms. The Bertz CT molecular complexity index is 449. The predicted octanol–water partition coefficient (Wildman–Crippen LogP) is 4.33. The number of aromatic nitrogens is 1. The van der Waals surface area contributed by atoms with Gasteiger partial charge in [0.25, 0.3) is 0 Å². The van der Waals surface area contributed by atoms with Gasteiger partial charge in [0, 0.05) is 17.4 Å². The monoisotopic (exact) mass is 271 g/mol. The fourth-order valence-corrected chi connectivity index (χ4v) is 2.84. The molecule has 0 saturated carbocycles. The van der Waals surface area contributed by atoms with Crippen LogP contribution in [0.5, 0.6) is 0 Å². The maximum atomic E-state index is 11.8. The molecular formula is C14H22ClNO2. The zero-order valence-corrected chi connectivity index (χ0v) is 12.8. The number of carbonyl (C=O) groups excluding carboxylic acids is 1. The number of halogens is 1. The van der Waals surface area contributed by atoms with E-state index in [1.165, 1.54) is 7.11 Å². The van der Waals surface area contributed by atoms with Gasteiger partial charge in [-0.25, -0.2) is 4.79 Å². The number of esters is 1. The van der Waals surface area contributed by atoms with Crippen molar-refractivity contribution in [1.29, 1.82) is 0 Å². The molecule has 1 aromatic rings. The molecule has 18 heavy (non-hydrogen) atoms. The lowest BCUT2D eigenvalue weighted by Crippen LogP contribution is -2.10. The van der Waals surface area contributed by atoms with Crippen LogP contribution in [-0.4, -0.2) is 17.6 Å². The van der Waals surface area contributed by atoms with E-state index in [0.29, 0.717) is 16.5 Å². The minimum absolute atomic E-state index is 0.268. The third-order valence-corrected chi connectivity index (χ3v) is 3.79. The molecule has 0 aliphatic rings. The van der Waals surface area contributed by atoms with Gasteiger partial charge in [-0.1, -0.05) is 25.4 Å². The Morgan fingerprint density at radius 3 is 2.33 bits per heavy atom. The van der Waals surface area contributed by atoms with Crippen LogP contribution in [0.15, 0.2) is 0 Å². The van der Waals surface area contributed by atoms with Crippen LogP contribution in [0.4, 0.5) is 0 Å². The standard InChI is InChI=1S/C14H22ClNO2/c1-7-9(4)13-12(15)11(14(17)18-6)10(5)16(13)8(2)3/h8-9H,7H2,1-6H3. The van der Waals surface area contributed by atoms with E-state index in [4.69, 9.17) is 16.3 Å². The maximum absolute atomic E-state index is 11.8. The second-order valence-corrected chi connectivity index (χ2v) is 5.30. The molecule has 0 aliphatic heterocycles. The first kappa shape index (κ1) is 15.1. The van der Waals surface area contributed by atoms with E-state index in [-0.39, 0.29) is 12.0 Å². The van der Waals surface area contributed by atoms with Crippen molar-refractivity contribution in [2.24, 2.45) is 0 Å². The molecule has 1 rings (SSSR count). The molecule has 0 amide bonds. The number of hydrogen-bond acceptors (Lipinski definition) is 2. The van der Waals surface area contributed by atoms with Crippen molar-refractivity contribution in [2.45, 2.75) is 53.0 Å². The summed E-state index contributed by atoms with van der Waals surface area (Å²) in [5.41, 5.74) is 2.42. The summed E-state index contributed by atoms with van der Waals surface area (Å²) in [7, 11) is 1.38. The van der Waals surface area contributed by atoms with E-state index in [9.17, 15) is 4.79 Å². The van der Waals surface area contributed by atoms with Crippen LogP contribution >= 0.6 is 11.6 Å². The number of carbonyl (C=O) groups is 1. The summed E-state index contributed by atoms with van der Waals surface area (Å²) in [6, 6.07) is 0.268. The highest BCUT2D eigenvalue weighted by Crippen LogP contribution is 2.36. The first-order valence-corrected chi connectivity index (χ1v) is 6.72. The highest BCUT2D eigenvalue weighted by Gasteiger charge is 2.27. The van der Waals surface area contributed by atoms with Crippen LogP contribution in [0.1, 0.15) is 67.8 Å². The molecular weight excluding hydrogens is 250 g/mol. The topological polar surface area (TPSA) is 31.2 Å². The molecule has 0 fully saturated rings. The van der Waals surface area contributed by atoms with Crippen LogP contribution in [0.2, 0.25) is 5.02 Å². The SMILES string of the molecule is CCC(C)c1c(Cl)c(C(=O)OC)c(C)n1C(C)C. The van der Waals surface area contributed by atoms with Crippen LogP contribution in [0.3, 0.4) is 0 Å². The Kier molecular flexibility index (Phi) is 4.85. The second-order valence-electron chi connectivity index (χ2n) is 4.92. The predicted molar refractivity (Wildman–Crippen MR) is 74.6 cm³/mol. The molecule has 0 spiro atoms. The molecule has 102 valence electrons. The van der Waals surface area contributed by atoms with Gasteiger partial charge < -0.3 is 9.30 Å². The van der Waals surface area contributed by atoms with Crippen molar-refractivity contribution in [2.75, 3.05) is 7.11 Å². The van der Waals surface area contributed by atoms with Gasteiger partial charge in [-0.15, -0.1) is 0 Å². The Balaban J connectivity index is 3.54. The molecule has 1 atom stereocenters. The lowest BCUT2D eigenvalue weighted by molar-refractivity contribution is 0.0600. The van der Waals surface area contributed by atoms with Gasteiger partial charge in [-0.05, 0) is 33.1 Å². The van der Waals surface area contributed by atoms with Crippen molar-refractivity contribution < 1.29 is 9.53 Å². The van der Waals surface area contributed by atoms with Crippen LogP contribution < -0.4 is 0 Å². The zero-order valence-electron chi connectivity index (χ0n) is 12.0. The molecule has 0 aliphatic carbocycles. The normalized spacial score (nSPS) is 12.9. The van der Waals surface area contributed by atoms with Crippen molar-refractivity contribution in [3.05, 3.63) is 22.0 Å². The van der Waals surface area contributed by atoms with E-state index in [2.05, 4.69) is 32.3 Å². The minimum Gasteiger partial charge on any atom is -0.465 e. The molecule has 1 unspecified atom stereocenters. The molecule has 0 bridgehead atoms. The number of methoxy groups -OCH3 is 1. The van der Waals surface area contributed by atoms with Gasteiger partial charge in [-0.3, -0.25) is 0 Å². The summed E-state index contributed by atoms with van der Waals surface area (Å²) in [6.07, 6.45) is 0.983. The number of rotatable bonds is 4. The summed E-state index contributed by atoms with van der Waals surface area (Å²) in [6.45, 7) is 10.4. The molecule has 3 nitrogen and oxygen atoms in total. The van der Waals surface area contributed by atoms with E-state index in [1.54, 1.807) is 0 Å². The highest BCUT2D eigenvalue weighted by molar-refractivity contribution is 6.34. The fraction of sp³-hybridized carbons (Fsp3) is 0.643. The summed E-state index contributed by atoms with van der Waals surface area (Å²) >= 11 is 6.40. The molecule has 0 N–H and O–H groups in total. The first-order valence-electron chi connectivity index (χ1n) is 6.35. The average molecular weight is 272 g/mol. The number of nitrogens with zero attached hydrogens (tertiary/aromatic N) is 1. The van der Waals surface area contributed by atoms with Crippen LogP contribution in [0, 0.1) is 6.92 Å². The van der Waals surface area contributed by atoms with Crippen molar-refractivity contribution in [3.8, 4) is 0 Å². The van der Waals surface area contributed by atoms with E-state index >= 15 is 0 Å². The number of hydrogen-bond donors (Lipinski definition) is 0. The quantitative estimate of drug-likeness (QED) is 0.763. The van der Waals surface area contributed by atoms with Gasteiger partial charge in [0.15, 0.2) is 0 Å². The van der Waals surface area contributed by atoms with E-state index in [0.717, 1.165) is 17.8 Å². The third kappa shape index (κ3) is 2.41. The van der Waals surface area contributed by atoms with Crippen molar-refractivity contribution in [3.63, 3.8) is 0 Å². The van der Waals surface area contributed by atoms with Gasteiger partial charge >= 0.3 is 5.97 Å². The largest absolute Gasteiger partial charge is 0.465 e. The summed E-state index contributed by atoms with van der Waals surface area (Å²) in [5, 5.41) is 0.544. The summed E-state index contributed by atoms with van der Waals surface area (Å²) in [5.74, 6) is -0.0431. The lowest BCUT2D eigenvalue weighted by atomic mass is 10.0. The summed E-state index contributed by atoms with van der Waals surface area (Å²) < 4.78 is 6.96. The molecule has 0 radical (unpaired) electrons. The molecule has 0 saturated heterocycles. The third-order valence-electron chi connectivity index (χ3n) is 3.41. The van der Waals surface area contributed by atoms with Crippen LogP contribution in [0.25, 0.3) is 0 Å². The highest BCUT2D eigenvalue weighted by atomic mass is 35.5. The van der Waals surface area contributed by atoms with Crippen molar-refractivity contribution in [1.82, 2.24) is 4.57 Å². The molecule has 1 aromatic heterocycles. The maximum Gasteiger partial charge on any atom is 0.341 e. The average Bonchev–Trinajstić information content (AvgIpc) is 2.59. The van der Waals surface area contributed by atoms with Crippen molar-refractivity contribution >= 4 is 17.6 Å². The number of ether oxygens (including phenoxy) is 1. The fourth-order valence-electron chi connectivity index (χ4n) is 2.35. The van der Waals surface area contributed by atoms with E-state index in [1.807, 2.05) is 6.92 Å². The minimum atomic E-state index is -0.360. The summed E-state index contributed by atoms with van der Waals surface area (Å²) in [4.78, 5) is 11.8. The van der Waals surface area contributed by atoms with Crippen LogP contribution in [-0.2, 0) is 4.74 Å². The smallest absolute Gasteiger partial charge is 0.341 e. The molecule has 1 heterocycles. The van der Waals surface area contributed by atoms with Gasteiger partial charge in [0.2, 0.25) is 0 Å². The van der Waals surface area contributed by atoms with Gasteiger partial charge in [0.1, 0.15) is 0 Å². The first-order chi connectivity index (χ1) is 8.36.